The number of rotatable bonds is 6. The number of carbonyl (C=O) groups is 1. The largest absolute Gasteiger partial charge is 0.493 e. The first-order chi connectivity index (χ1) is 8.15. The Morgan fingerprint density at radius 1 is 1.47 bits per heavy atom. The van der Waals surface area contributed by atoms with Gasteiger partial charge in [0.05, 0.1) is 12.7 Å². The van der Waals surface area contributed by atoms with Gasteiger partial charge in [0.15, 0.2) is 0 Å². The highest BCUT2D eigenvalue weighted by atomic mass is 79.9. The van der Waals surface area contributed by atoms with Crippen molar-refractivity contribution in [1.82, 2.24) is 0 Å². The number of carboxylic acid groups (broad SMARTS) is 1. The lowest BCUT2D eigenvalue weighted by Crippen LogP contribution is -2.04. The van der Waals surface area contributed by atoms with Gasteiger partial charge in [-0.05, 0) is 31.0 Å². The Hall–Kier alpha value is -1.54. The maximum absolute atomic E-state index is 10.9. The van der Waals surface area contributed by atoms with Crippen molar-refractivity contribution in [3.8, 4) is 11.8 Å². The van der Waals surface area contributed by atoms with E-state index in [0.29, 0.717) is 18.8 Å². The van der Waals surface area contributed by atoms with E-state index in [-0.39, 0.29) is 5.56 Å². The first kappa shape index (κ1) is 13.5. The molecule has 0 saturated carbocycles. The number of halogens is 1. The smallest absolute Gasteiger partial charge is 0.339 e. The van der Waals surface area contributed by atoms with Crippen molar-refractivity contribution >= 4 is 21.9 Å². The highest BCUT2D eigenvalue weighted by Crippen LogP contribution is 2.24. The standard InChI is InChI=1S/C12H12BrNO3/c13-9-4-5-10(12(15)16)11(8-9)17-7-3-1-2-6-14/h4-5,8H,1-3,7H2,(H,15,16). The zero-order valence-electron chi connectivity index (χ0n) is 9.15. The van der Waals surface area contributed by atoms with E-state index >= 15 is 0 Å². The molecule has 17 heavy (non-hydrogen) atoms. The zero-order valence-corrected chi connectivity index (χ0v) is 10.7. The highest BCUT2D eigenvalue weighted by Gasteiger charge is 2.11. The van der Waals surface area contributed by atoms with Crippen molar-refractivity contribution in [2.45, 2.75) is 19.3 Å². The minimum atomic E-state index is -1.01. The van der Waals surface area contributed by atoms with Crippen LogP contribution < -0.4 is 4.74 Å². The molecule has 0 spiro atoms. The molecule has 1 rings (SSSR count). The number of aromatic carboxylic acids is 1. The molecule has 0 unspecified atom stereocenters. The van der Waals surface area contributed by atoms with Gasteiger partial charge < -0.3 is 9.84 Å². The molecule has 0 aliphatic carbocycles. The Morgan fingerprint density at radius 3 is 2.88 bits per heavy atom. The molecule has 0 amide bonds. The summed E-state index contributed by atoms with van der Waals surface area (Å²) >= 11 is 3.26. The van der Waals surface area contributed by atoms with Crippen LogP contribution in [0.5, 0.6) is 5.75 Å². The Labute approximate surface area is 108 Å². The average molecular weight is 298 g/mol. The predicted molar refractivity (Wildman–Crippen MR) is 66.1 cm³/mol. The van der Waals surface area contributed by atoms with Crippen LogP contribution in [0.2, 0.25) is 0 Å². The molecule has 1 aromatic carbocycles. The number of nitrogens with zero attached hydrogens (tertiary/aromatic N) is 1. The topological polar surface area (TPSA) is 70.3 Å². The monoisotopic (exact) mass is 297 g/mol. The number of ether oxygens (including phenoxy) is 1. The molecule has 0 aliphatic rings. The molecule has 0 aliphatic heterocycles. The van der Waals surface area contributed by atoms with E-state index in [1.165, 1.54) is 6.07 Å². The van der Waals surface area contributed by atoms with Crippen molar-refractivity contribution in [3.63, 3.8) is 0 Å². The molecule has 1 N–H and O–H groups in total. The Morgan fingerprint density at radius 2 is 2.24 bits per heavy atom. The molecule has 0 saturated heterocycles. The maximum atomic E-state index is 10.9. The van der Waals surface area contributed by atoms with Gasteiger partial charge in [0, 0.05) is 10.9 Å². The van der Waals surface area contributed by atoms with Crippen molar-refractivity contribution < 1.29 is 14.6 Å². The minimum Gasteiger partial charge on any atom is -0.493 e. The summed E-state index contributed by atoms with van der Waals surface area (Å²) in [5, 5.41) is 17.3. The van der Waals surface area contributed by atoms with Crippen LogP contribution in [0.25, 0.3) is 0 Å². The third-order valence-electron chi connectivity index (χ3n) is 2.11. The number of benzene rings is 1. The van der Waals surface area contributed by atoms with Crippen LogP contribution in [0.3, 0.4) is 0 Å². The SMILES string of the molecule is N#CCCCCOc1cc(Br)ccc1C(=O)O. The first-order valence-corrected chi connectivity index (χ1v) is 5.97. The second-order valence-corrected chi connectivity index (χ2v) is 4.32. The first-order valence-electron chi connectivity index (χ1n) is 5.17. The van der Waals surface area contributed by atoms with E-state index in [1.807, 2.05) is 6.07 Å². The van der Waals surface area contributed by atoms with Crippen LogP contribution in [-0.4, -0.2) is 17.7 Å². The summed E-state index contributed by atoms with van der Waals surface area (Å²) < 4.78 is 6.18. The van der Waals surface area contributed by atoms with Crippen molar-refractivity contribution in [3.05, 3.63) is 28.2 Å². The second-order valence-electron chi connectivity index (χ2n) is 3.41. The Kier molecular flexibility index (Phi) is 5.50. The van der Waals surface area contributed by atoms with E-state index in [1.54, 1.807) is 12.1 Å². The summed E-state index contributed by atoms with van der Waals surface area (Å²) in [5.74, 6) is -0.659. The van der Waals surface area contributed by atoms with Gasteiger partial charge in [0.2, 0.25) is 0 Å². The van der Waals surface area contributed by atoms with Gasteiger partial charge in [-0.3, -0.25) is 0 Å². The average Bonchev–Trinajstić information content (AvgIpc) is 2.28. The molecular formula is C12H12BrNO3. The summed E-state index contributed by atoms with van der Waals surface area (Å²) in [7, 11) is 0. The second kappa shape index (κ2) is 6.92. The predicted octanol–water partition coefficient (Wildman–Crippen LogP) is 3.22. The quantitative estimate of drug-likeness (QED) is 0.819. The highest BCUT2D eigenvalue weighted by molar-refractivity contribution is 9.10. The molecule has 0 atom stereocenters. The lowest BCUT2D eigenvalue weighted by Gasteiger charge is -2.09. The summed E-state index contributed by atoms with van der Waals surface area (Å²) in [6, 6.07) is 6.84. The molecule has 1 aromatic rings. The maximum Gasteiger partial charge on any atom is 0.339 e. The molecular weight excluding hydrogens is 286 g/mol. The summed E-state index contributed by atoms with van der Waals surface area (Å²) in [4.78, 5) is 10.9. The van der Waals surface area contributed by atoms with Crippen LogP contribution in [0, 0.1) is 11.3 Å². The van der Waals surface area contributed by atoms with E-state index in [4.69, 9.17) is 15.1 Å². The lowest BCUT2D eigenvalue weighted by atomic mass is 10.2. The van der Waals surface area contributed by atoms with E-state index in [9.17, 15) is 4.79 Å². The van der Waals surface area contributed by atoms with Gasteiger partial charge in [-0.15, -0.1) is 0 Å². The Balaban J connectivity index is 2.60. The molecule has 0 radical (unpaired) electrons. The number of nitriles is 1. The lowest BCUT2D eigenvalue weighted by molar-refractivity contribution is 0.0692. The van der Waals surface area contributed by atoms with Gasteiger partial charge in [-0.2, -0.15) is 5.26 Å². The summed E-state index contributed by atoms with van der Waals surface area (Å²) in [5.41, 5.74) is 0.147. The number of hydrogen-bond acceptors (Lipinski definition) is 3. The van der Waals surface area contributed by atoms with Crippen LogP contribution in [-0.2, 0) is 0 Å². The molecule has 0 bridgehead atoms. The third kappa shape index (κ3) is 4.45. The molecule has 4 nitrogen and oxygen atoms in total. The van der Waals surface area contributed by atoms with E-state index < -0.39 is 5.97 Å². The van der Waals surface area contributed by atoms with Crippen molar-refractivity contribution in [2.75, 3.05) is 6.61 Å². The van der Waals surface area contributed by atoms with Crippen molar-refractivity contribution in [1.29, 1.82) is 5.26 Å². The summed E-state index contributed by atoms with van der Waals surface area (Å²) in [6.07, 6.45) is 1.99. The molecule has 0 heterocycles. The van der Waals surface area contributed by atoms with Gasteiger partial charge in [0.25, 0.3) is 0 Å². The van der Waals surface area contributed by atoms with Gasteiger partial charge in [-0.1, -0.05) is 15.9 Å². The van der Waals surface area contributed by atoms with Crippen LogP contribution in [0.4, 0.5) is 0 Å². The van der Waals surface area contributed by atoms with Crippen molar-refractivity contribution in [2.24, 2.45) is 0 Å². The van der Waals surface area contributed by atoms with Gasteiger partial charge in [0.1, 0.15) is 11.3 Å². The van der Waals surface area contributed by atoms with Gasteiger partial charge >= 0.3 is 5.97 Å². The fourth-order valence-corrected chi connectivity index (χ4v) is 1.62. The minimum absolute atomic E-state index is 0.147. The number of carboxylic acids is 1. The number of unbranched alkanes of at least 4 members (excludes halogenated alkanes) is 2. The summed E-state index contributed by atoms with van der Waals surface area (Å²) in [6.45, 7) is 0.415. The van der Waals surface area contributed by atoms with Gasteiger partial charge in [-0.25, -0.2) is 4.79 Å². The number of hydrogen-bond donors (Lipinski definition) is 1. The van der Waals surface area contributed by atoms with E-state index in [2.05, 4.69) is 15.9 Å². The molecule has 0 aromatic heterocycles. The fraction of sp³-hybridized carbons (Fsp3) is 0.333. The van der Waals surface area contributed by atoms with E-state index in [0.717, 1.165) is 17.3 Å². The molecule has 90 valence electrons. The molecule has 0 fully saturated rings. The molecule has 5 heteroatoms. The Bertz CT molecular complexity index is 440. The van der Waals surface area contributed by atoms with Crippen LogP contribution in [0.1, 0.15) is 29.6 Å². The van der Waals surface area contributed by atoms with Crippen LogP contribution in [0.15, 0.2) is 22.7 Å². The van der Waals surface area contributed by atoms with Crippen LogP contribution >= 0.6 is 15.9 Å². The third-order valence-corrected chi connectivity index (χ3v) is 2.61. The fourth-order valence-electron chi connectivity index (χ4n) is 1.28. The zero-order chi connectivity index (χ0) is 12.7. The normalized spacial score (nSPS) is 9.65.